The highest BCUT2D eigenvalue weighted by Crippen LogP contribution is 2.23. The van der Waals surface area contributed by atoms with Crippen LogP contribution in [0.2, 0.25) is 0 Å². The molecule has 0 rings (SSSR count). The minimum absolute atomic E-state index is 0.0259. The number of nitriles is 2. The Morgan fingerprint density at radius 2 is 1.14 bits per heavy atom. The minimum atomic E-state index is -1.29. The van der Waals surface area contributed by atoms with Gasteiger partial charge in [-0.05, 0) is 26.7 Å². The first-order valence-corrected chi connectivity index (χ1v) is 8.80. The number of methoxy groups -OCH3 is 2. The molecule has 0 radical (unpaired) electrons. The van der Waals surface area contributed by atoms with Gasteiger partial charge in [0.15, 0.2) is 11.1 Å². The predicted octanol–water partition coefficient (Wildman–Crippen LogP) is 1.94. The largest absolute Gasteiger partial charge is 0.463 e. The molecule has 0 aromatic rings. The maximum atomic E-state index is 11.7. The third kappa shape index (κ3) is 11.2. The van der Waals surface area contributed by atoms with Gasteiger partial charge in [0.1, 0.15) is 13.2 Å². The van der Waals surface area contributed by atoms with Crippen molar-refractivity contribution in [1.29, 1.82) is 10.5 Å². The molecule has 2 unspecified atom stereocenters. The van der Waals surface area contributed by atoms with Crippen molar-refractivity contribution in [3.63, 3.8) is 0 Å². The van der Waals surface area contributed by atoms with Crippen molar-refractivity contribution in [3.8, 4) is 12.1 Å². The average Bonchev–Trinajstić information content (AvgIpc) is 2.69. The van der Waals surface area contributed by atoms with Crippen LogP contribution >= 0.6 is 0 Å². The first-order chi connectivity index (χ1) is 13.2. The van der Waals surface area contributed by atoms with Crippen LogP contribution < -0.4 is 0 Å². The minimum Gasteiger partial charge on any atom is -0.463 e. The summed E-state index contributed by atoms with van der Waals surface area (Å²) in [6, 6.07) is 3.98. The molecule has 0 aromatic carbocycles. The zero-order valence-corrected chi connectivity index (χ0v) is 16.9. The Labute approximate surface area is 165 Å². The van der Waals surface area contributed by atoms with Crippen molar-refractivity contribution >= 4 is 11.9 Å². The SMILES string of the molecule is COCCOC(=O)CCC(C)(C#N)/N=N/C(C)(C#N)CCC(=O)OCCOC. The van der Waals surface area contributed by atoms with E-state index in [1.165, 1.54) is 28.1 Å². The number of esters is 2. The highest BCUT2D eigenvalue weighted by molar-refractivity contribution is 5.69. The second-order valence-electron chi connectivity index (χ2n) is 6.40. The van der Waals surface area contributed by atoms with E-state index in [9.17, 15) is 20.1 Å². The van der Waals surface area contributed by atoms with Crippen molar-refractivity contribution < 1.29 is 28.5 Å². The van der Waals surface area contributed by atoms with E-state index >= 15 is 0 Å². The van der Waals surface area contributed by atoms with E-state index in [0.717, 1.165) is 0 Å². The normalized spacial score (nSPS) is 15.1. The molecule has 2 atom stereocenters. The van der Waals surface area contributed by atoms with Gasteiger partial charge in [-0.1, -0.05) is 0 Å². The molecule has 10 nitrogen and oxygen atoms in total. The quantitative estimate of drug-likeness (QED) is 0.246. The number of azo groups is 1. The Balaban J connectivity index is 4.71. The van der Waals surface area contributed by atoms with Crippen molar-refractivity contribution in [2.75, 3.05) is 40.6 Å². The Morgan fingerprint density at radius 3 is 1.43 bits per heavy atom. The Kier molecular flexibility index (Phi) is 12.3. The van der Waals surface area contributed by atoms with E-state index < -0.39 is 23.0 Å². The lowest BCUT2D eigenvalue weighted by atomic mass is 9.97. The lowest BCUT2D eigenvalue weighted by molar-refractivity contribution is -0.146. The molecule has 0 saturated carbocycles. The smallest absolute Gasteiger partial charge is 0.305 e. The number of hydrogen-bond donors (Lipinski definition) is 0. The van der Waals surface area contributed by atoms with Gasteiger partial charge in [-0.2, -0.15) is 20.8 Å². The molecule has 0 aliphatic heterocycles. The first-order valence-electron chi connectivity index (χ1n) is 8.80. The van der Waals surface area contributed by atoms with Crippen LogP contribution in [0.1, 0.15) is 39.5 Å². The molecule has 0 aromatic heterocycles. The molecule has 0 aliphatic rings. The molecule has 156 valence electrons. The average molecular weight is 396 g/mol. The van der Waals surface area contributed by atoms with Crippen LogP contribution in [0, 0.1) is 22.7 Å². The predicted molar refractivity (Wildman–Crippen MR) is 97.0 cm³/mol. The molecule has 0 N–H and O–H groups in total. The number of ether oxygens (including phenoxy) is 4. The standard InChI is InChI=1S/C18H28N4O6/c1-17(13-19,7-5-15(23)27-11-9-25-3)21-22-18(2,14-20)8-6-16(24)28-12-10-26-4/h5-12H2,1-4H3/b22-21+. The molecule has 0 spiro atoms. The van der Waals surface area contributed by atoms with Gasteiger partial charge < -0.3 is 18.9 Å². The molecule has 0 bridgehead atoms. The number of carbonyl (C=O) groups is 2. The summed E-state index contributed by atoms with van der Waals surface area (Å²) >= 11 is 0. The van der Waals surface area contributed by atoms with Gasteiger partial charge in [0.25, 0.3) is 0 Å². The van der Waals surface area contributed by atoms with Gasteiger partial charge in [0, 0.05) is 27.1 Å². The third-order valence-corrected chi connectivity index (χ3v) is 3.71. The maximum absolute atomic E-state index is 11.7. The number of carbonyl (C=O) groups excluding carboxylic acids is 2. The van der Waals surface area contributed by atoms with Crippen LogP contribution in [0.4, 0.5) is 0 Å². The van der Waals surface area contributed by atoms with E-state index in [-0.39, 0.29) is 52.1 Å². The number of hydrogen-bond acceptors (Lipinski definition) is 10. The second-order valence-corrected chi connectivity index (χ2v) is 6.40. The van der Waals surface area contributed by atoms with Crippen LogP contribution in [0.5, 0.6) is 0 Å². The zero-order valence-electron chi connectivity index (χ0n) is 16.9. The van der Waals surface area contributed by atoms with Crippen LogP contribution in [-0.4, -0.2) is 63.7 Å². The fourth-order valence-corrected chi connectivity index (χ4v) is 1.79. The summed E-state index contributed by atoms with van der Waals surface area (Å²) in [5.41, 5.74) is -2.59. The van der Waals surface area contributed by atoms with Gasteiger partial charge in [-0.3, -0.25) is 9.59 Å². The summed E-state index contributed by atoms with van der Waals surface area (Å²) in [5, 5.41) is 26.7. The summed E-state index contributed by atoms with van der Waals surface area (Å²) < 4.78 is 19.4. The lowest BCUT2D eigenvalue weighted by Crippen LogP contribution is -2.26. The van der Waals surface area contributed by atoms with Gasteiger partial charge in [0.2, 0.25) is 0 Å². The molecule has 10 heteroatoms. The Morgan fingerprint density at radius 1 is 0.786 bits per heavy atom. The van der Waals surface area contributed by atoms with Crippen LogP contribution in [-0.2, 0) is 28.5 Å². The van der Waals surface area contributed by atoms with Crippen LogP contribution in [0.15, 0.2) is 10.2 Å². The number of rotatable bonds is 14. The van der Waals surface area contributed by atoms with E-state index in [1.807, 2.05) is 12.1 Å². The topological polar surface area (TPSA) is 143 Å². The van der Waals surface area contributed by atoms with E-state index in [0.29, 0.717) is 0 Å². The number of nitrogens with zero attached hydrogens (tertiary/aromatic N) is 4. The Bertz CT molecular complexity index is 560. The molecule has 28 heavy (non-hydrogen) atoms. The summed E-state index contributed by atoms with van der Waals surface area (Å²) in [4.78, 5) is 23.3. The molecular weight excluding hydrogens is 368 g/mol. The molecular formula is C18H28N4O6. The molecule has 0 aliphatic carbocycles. The molecule has 0 heterocycles. The summed E-state index contributed by atoms with van der Waals surface area (Å²) in [6.45, 7) is 3.86. The summed E-state index contributed by atoms with van der Waals surface area (Å²) in [7, 11) is 2.99. The Hall–Kier alpha value is -2.56. The van der Waals surface area contributed by atoms with Crippen molar-refractivity contribution in [2.24, 2.45) is 10.2 Å². The summed E-state index contributed by atoms with van der Waals surface area (Å²) in [6.07, 6.45) is 0.114. The monoisotopic (exact) mass is 396 g/mol. The second kappa shape index (κ2) is 13.6. The zero-order chi connectivity index (χ0) is 21.5. The first kappa shape index (κ1) is 25.4. The van der Waals surface area contributed by atoms with Crippen LogP contribution in [0.25, 0.3) is 0 Å². The fraction of sp³-hybridized carbons (Fsp3) is 0.778. The highest BCUT2D eigenvalue weighted by Gasteiger charge is 2.29. The van der Waals surface area contributed by atoms with E-state index in [2.05, 4.69) is 10.2 Å². The van der Waals surface area contributed by atoms with E-state index in [4.69, 9.17) is 18.9 Å². The van der Waals surface area contributed by atoms with Crippen molar-refractivity contribution in [1.82, 2.24) is 0 Å². The maximum Gasteiger partial charge on any atom is 0.305 e. The van der Waals surface area contributed by atoms with Gasteiger partial charge in [0.05, 0.1) is 25.4 Å². The van der Waals surface area contributed by atoms with Gasteiger partial charge in [-0.15, -0.1) is 0 Å². The molecule has 0 amide bonds. The fourth-order valence-electron chi connectivity index (χ4n) is 1.79. The lowest BCUT2D eigenvalue weighted by Gasteiger charge is -2.19. The molecule has 0 fully saturated rings. The van der Waals surface area contributed by atoms with Gasteiger partial charge >= 0.3 is 11.9 Å². The third-order valence-electron chi connectivity index (χ3n) is 3.71. The van der Waals surface area contributed by atoms with E-state index in [1.54, 1.807) is 0 Å². The van der Waals surface area contributed by atoms with Crippen LogP contribution in [0.3, 0.4) is 0 Å². The van der Waals surface area contributed by atoms with Crippen molar-refractivity contribution in [2.45, 2.75) is 50.6 Å². The van der Waals surface area contributed by atoms with Crippen molar-refractivity contribution in [3.05, 3.63) is 0 Å². The molecule has 0 saturated heterocycles. The van der Waals surface area contributed by atoms with Gasteiger partial charge in [-0.25, -0.2) is 0 Å². The summed E-state index contributed by atoms with van der Waals surface area (Å²) in [5.74, 6) is -0.953. The highest BCUT2D eigenvalue weighted by atomic mass is 16.6.